The highest BCUT2D eigenvalue weighted by Crippen LogP contribution is 2.67. The van der Waals surface area contributed by atoms with Crippen molar-refractivity contribution < 1.29 is 9.53 Å². The lowest BCUT2D eigenvalue weighted by atomic mass is 9.47. The van der Waals surface area contributed by atoms with Crippen LogP contribution in [0.4, 0.5) is 0 Å². The topological polar surface area (TPSA) is 26.3 Å². The quantitative estimate of drug-likeness (QED) is 0.0893. The average molecular weight is 597 g/mol. The molecule has 0 aromatic carbocycles. The largest absolute Gasteiger partial charge is 0.462 e. The first-order valence-electron chi connectivity index (χ1n) is 19.6. The summed E-state index contributed by atoms with van der Waals surface area (Å²) in [4.78, 5) is 12.7. The summed E-state index contributed by atoms with van der Waals surface area (Å²) in [5, 5.41) is 0. The fourth-order valence-corrected chi connectivity index (χ4v) is 10.9. The highest BCUT2D eigenvalue weighted by molar-refractivity contribution is 5.69. The maximum absolute atomic E-state index is 12.7. The molecule has 4 aliphatic rings. The van der Waals surface area contributed by atoms with Gasteiger partial charge in [-0.3, -0.25) is 4.79 Å². The van der Waals surface area contributed by atoms with Crippen molar-refractivity contribution in [2.45, 2.75) is 195 Å². The lowest BCUT2D eigenvalue weighted by Gasteiger charge is -2.58. The second-order valence-corrected chi connectivity index (χ2v) is 16.9. The van der Waals surface area contributed by atoms with E-state index in [1.54, 1.807) is 5.57 Å². The lowest BCUT2D eigenvalue weighted by molar-refractivity contribution is -0.151. The van der Waals surface area contributed by atoms with Crippen LogP contribution < -0.4 is 0 Å². The van der Waals surface area contributed by atoms with Gasteiger partial charge in [0, 0.05) is 12.8 Å². The third-order valence-electron chi connectivity index (χ3n) is 13.5. The molecule has 0 bridgehead atoms. The van der Waals surface area contributed by atoms with Crippen LogP contribution in [-0.2, 0) is 9.53 Å². The van der Waals surface area contributed by atoms with Crippen molar-refractivity contribution in [1.82, 2.24) is 0 Å². The van der Waals surface area contributed by atoms with Crippen molar-refractivity contribution in [3.63, 3.8) is 0 Å². The Hall–Kier alpha value is -0.790. The molecule has 0 amide bonds. The van der Waals surface area contributed by atoms with E-state index in [9.17, 15) is 4.79 Å². The number of unbranched alkanes of at least 4 members (excludes halogenated alkanes) is 10. The highest BCUT2D eigenvalue weighted by atomic mass is 16.5. The highest BCUT2D eigenvalue weighted by Gasteiger charge is 2.59. The van der Waals surface area contributed by atoms with Crippen molar-refractivity contribution in [2.75, 3.05) is 0 Å². The van der Waals surface area contributed by atoms with Crippen molar-refractivity contribution in [2.24, 2.45) is 46.3 Å². The predicted molar refractivity (Wildman–Crippen MR) is 184 cm³/mol. The summed E-state index contributed by atoms with van der Waals surface area (Å²) in [6.07, 6.45) is 32.5. The van der Waals surface area contributed by atoms with E-state index >= 15 is 0 Å². The van der Waals surface area contributed by atoms with Crippen molar-refractivity contribution >= 4 is 5.97 Å². The molecular formula is C41H72O2. The molecule has 0 unspecified atom stereocenters. The van der Waals surface area contributed by atoms with Gasteiger partial charge in [-0.1, -0.05) is 137 Å². The van der Waals surface area contributed by atoms with Crippen LogP contribution in [-0.4, -0.2) is 12.1 Å². The van der Waals surface area contributed by atoms with E-state index in [-0.39, 0.29) is 12.1 Å². The first-order chi connectivity index (χ1) is 20.7. The SMILES string of the molecule is CCCCCCCCCCCCCC(=O)O[C@H]1CC[C@@]2(C)C(=CC[C@H]3[C@@H]4CC[C@H]([C@H](C)CCCC(C)C)[C@]4(C)CC[C@@H]32)C1. The Labute approximate surface area is 268 Å². The van der Waals surface area contributed by atoms with Gasteiger partial charge in [-0.05, 0) is 97.7 Å². The number of fused-ring (bicyclic) bond motifs is 5. The molecule has 0 aliphatic heterocycles. The number of carbonyl (C=O) groups is 1. The van der Waals surface area contributed by atoms with Gasteiger partial charge in [-0.25, -0.2) is 0 Å². The Bertz CT molecular complexity index is 873. The lowest BCUT2D eigenvalue weighted by Crippen LogP contribution is -2.51. The summed E-state index contributed by atoms with van der Waals surface area (Å²) < 4.78 is 6.11. The molecule has 0 spiro atoms. The molecule has 43 heavy (non-hydrogen) atoms. The van der Waals surface area contributed by atoms with E-state index in [2.05, 4.69) is 47.6 Å². The Balaban J connectivity index is 1.19. The summed E-state index contributed by atoms with van der Waals surface area (Å²) in [7, 11) is 0. The van der Waals surface area contributed by atoms with E-state index < -0.39 is 0 Å². The van der Waals surface area contributed by atoms with Crippen LogP contribution in [0.15, 0.2) is 11.6 Å². The number of ether oxygens (including phenoxy) is 1. The van der Waals surface area contributed by atoms with Crippen LogP contribution in [0, 0.1) is 46.3 Å². The minimum absolute atomic E-state index is 0.0618. The minimum atomic E-state index is 0.0618. The molecule has 3 saturated carbocycles. The van der Waals surface area contributed by atoms with Crippen LogP contribution >= 0.6 is 0 Å². The smallest absolute Gasteiger partial charge is 0.306 e. The standard InChI is InChI=1S/C41H72O2/c1-7-8-9-10-11-12-13-14-15-16-17-21-39(42)43-34-26-28-40(5)33(30-34)22-23-35-37-25-24-36(32(4)20-18-19-31(2)3)41(37,6)29-27-38(35)40/h22,31-32,34-38H,7-21,23-30H2,1-6H3/t32-,34+,35+,36-,37+,38+,40+,41+/m1/s1. The number of esters is 1. The summed E-state index contributed by atoms with van der Waals surface area (Å²) in [5.41, 5.74) is 2.54. The molecule has 2 heteroatoms. The zero-order chi connectivity index (χ0) is 30.9. The van der Waals surface area contributed by atoms with E-state index in [0.29, 0.717) is 17.3 Å². The number of hydrogen-bond acceptors (Lipinski definition) is 2. The van der Waals surface area contributed by atoms with Gasteiger partial charge in [0.15, 0.2) is 0 Å². The molecule has 0 aromatic rings. The van der Waals surface area contributed by atoms with Crippen LogP contribution in [0.5, 0.6) is 0 Å². The first-order valence-corrected chi connectivity index (χ1v) is 19.6. The third-order valence-corrected chi connectivity index (χ3v) is 13.5. The molecule has 8 atom stereocenters. The van der Waals surface area contributed by atoms with Gasteiger partial charge < -0.3 is 4.74 Å². The number of hydrogen-bond donors (Lipinski definition) is 0. The zero-order valence-electron chi connectivity index (χ0n) is 29.7. The van der Waals surface area contributed by atoms with E-state index in [4.69, 9.17) is 4.74 Å². The zero-order valence-corrected chi connectivity index (χ0v) is 29.7. The molecule has 0 aromatic heterocycles. The fraction of sp³-hybridized carbons (Fsp3) is 0.927. The summed E-state index contributed by atoms with van der Waals surface area (Å²) >= 11 is 0. The van der Waals surface area contributed by atoms with Gasteiger partial charge >= 0.3 is 5.97 Å². The fourth-order valence-electron chi connectivity index (χ4n) is 10.9. The summed E-state index contributed by atoms with van der Waals surface area (Å²) in [5.74, 6) is 5.34. The third kappa shape index (κ3) is 8.93. The number of carbonyl (C=O) groups excluding carboxylic acids is 1. The van der Waals surface area contributed by atoms with Crippen molar-refractivity contribution in [1.29, 1.82) is 0 Å². The monoisotopic (exact) mass is 597 g/mol. The van der Waals surface area contributed by atoms with Crippen molar-refractivity contribution in [3.05, 3.63) is 11.6 Å². The van der Waals surface area contributed by atoms with Crippen LogP contribution in [0.1, 0.15) is 189 Å². The molecule has 2 nitrogen and oxygen atoms in total. The molecule has 4 rings (SSSR count). The molecule has 4 aliphatic carbocycles. The molecule has 0 radical (unpaired) electrons. The minimum Gasteiger partial charge on any atom is -0.462 e. The Morgan fingerprint density at radius 3 is 2.16 bits per heavy atom. The maximum Gasteiger partial charge on any atom is 0.306 e. The van der Waals surface area contributed by atoms with Crippen LogP contribution in [0.3, 0.4) is 0 Å². The second kappa shape index (κ2) is 16.7. The summed E-state index contributed by atoms with van der Waals surface area (Å²) in [6.45, 7) is 14.9. The van der Waals surface area contributed by atoms with Crippen LogP contribution in [0.25, 0.3) is 0 Å². The summed E-state index contributed by atoms with van der Waals surface area (Å²) in [6, 6.07) is 0. The number of allylic oxidation sites excluding steroid dienone is 1. The van der Waals surface area contributed by atoms with Crippen molar-refractivity contribution in [3.8, 4) is 0 Å². The average Bonchev–Trinajstić information content (AvgIpc) is 3.33. The van der Waals surface area contributed by atoms with Gasteiger partial charge in [0.2, 0.25) is 0 Å². The van der Waals surface area contributed by atoms with E-state index in [1.165, 1.54) is 122 Å². The normalized spacial score (nSPS) is 34.3. The Morgan fingerprint density at radius 2 is 1.49 bits per heavy atom. The first kappa shape index (κ1) is 35.1. The van der Waals surface area contributed by atoms with Crippen LogP contribution in [0.2, 0.25) is 0 Å². The number of rotatable bonds is 18. The molecule has 3 fully saturated rings. The van der Waals surface area contributed by atoms with E-state index in [0.717, 1.165) is 54.8 Å². The molecule has 0 N–H and O–H groups in total. The van der Waals surface area contributed by atoms with Gasteiger partial charge in [0.1, 0.15) is 6.10 Å². The van der Waals surface area contributed by atoms with Gasteiger partial charge in [0.05, 0.1) is 0 Å². The second-order valence-electron chi connectivity index (χ2n) is 16.9. The molecule has 248 valence electrons. The maximum atomic E-state index is 12.7. The van der Waals surface area contributed by atoms with Gasteiger partial charge in [-0.2, -0.15) is 0 Å². The van der Waals surface area contributed by atoms with E-state index in [1.807, 2.05) is 0 Å². The molecule has 0 saturated heterocycles. The van der Waals surface area contributed by atoms with Gasteiger partial charge in [0.25, 0.3) is 0 Å². The Morgan fingerprint density at radius 1 is 0.814 bits per heavy atom. The van der Waals surface area contributed by atoms with Gasteiger partial charge in [-0.15, -0.1) is 0 Å². The molecular weight excluding hydrogens is 524 g/mol. The predicted octanol–water partition coefficient (Wildman–Crippen LogP) is 12.6. The Kier molecular flexibility index (Phi) is 13.6. The molecule has 0 heterocycles.